The molecule has 2 aromatic heterocycles. The number of nitrogen functional groups attached to an aromatic ring is 1. The zero-order valence-corrected chi connectivity index (χ0v) is 13.2. The predicted octanol–water partition coefficient (Wildman–Crippen LogP) is 3.96. The number of halogens is 1. The lowest BCUT2D eigenvalue weighted by molar-refractivity contribution is 0.212. The van der Waals surface area contributed by atoms with Crippen molar-refractivity contribution in [2.24, 2.45) is 5.73 Å². The van der Waals surface area contributed by atoms with Gasteiger partial charge in [-0.05, 0) is 30.7 Å². The number of aromatic nitrogens is 1. The zero-order chi connectivity index (χ0) is 15.9. The number of ether oxygens (including phenoxy) is 1. The quantitative estimate of drug-likeness (QED) is 0.742. The first-order chi connectivity index (χ1) is 10.5. The molecule has 0 fully saturated rings. The molecule has 3 rings (SSSR count). The summed E-state index contributed by atoms with van der Waals surface area (Å²) in [6.45, 7) is 1.93. The van der Waals surface area contributed by atoms with Crippen molar-refractivity contribution in [2.45, 2.75) is 6.92 Å². The van der Waals surface area contributed by atoms with E-state index in [4.69, 9.17) is 27.8 Å². The Labute approximate surface area is 135 Å². The molecule has 7 heteroatoms. The third-order valence-electron chi connectivity index (χ3n) is 3.20. The Morgan fingerprint density at radius 2 is 2.00 bits per heavy atom. The second kappa shape index (κ2) is 5.47. The summed E-state index contributed by atoms with van der Waals surface area (Å²) in [7, 11) is 0. The summed E-state index contributed by atoms with van der Waals surface area (Å²) >= 11 is 7.10. The van der Waals surface area contributed by atoms with Crippen LogP contribution >= 0.6 is 22.9 Å². The standard InChI is InChI=1S/C15H12ClN3O2S/c1-7-6-10(8-2-4-9(16)5-3-8)19-13-11(7)12(17)14(22-13)21-15(18)20/h2-6H,17H2,1H3,(H2,18,20). The van der Waals surface area contributed by atoms with Crippen molar-refractivity contribution < 1.29 is 9.53 Å². The van der Waals surface area contributed by atoms with Gasteiger partial charge < -0.3 is 16.2 Å². The summed E-state index contributed by atoms with van der Waals surface area (Å²) in [5, 5.41) is 1.71. The molecule has 0 saturated heterocycles. The number of fused-ring (bicyclic) bond motifs is 1. The average molecular weight is 334 g/mol. The molecule has 0 aliphatic rings. The molecule has 112 valence electrons. The number of carbonyl (C=O) groups excluding carboxylic acids is 1. The highest BCUT2D eigenvalue weighted by atomic mass is 35.5. The second-order valence-corrected chi connectivity index (χ2v) is 6.13. The van der Waals surface area contributed by atoms with Crippen molar-refractivity contribution in [3.63, 3.8) is 0 Å². The molecule has 22 heavy (non-hydrogen) atoms. The van der Waals surface area contributed by atoms with Gasteiger partial charge in [0.15, 0.2) is 0 Å². The van der Waals surface area contributed by atoms with Crippen LogP contribution in [0.2, 0.25) is 5.02 Å². The third kappa shape index (κ3) is 2.58. The first-order valence-electron chi connectivity index (χ1n) is 6.38. The van der Waals surface area contributed by atoms with E-state index in [1.54, 1.807) is 0 Å². The number of benzene rings is 1. The van der Waals surface area contributed by atoms with E-state index in [0.29, 0.717) is 15.5 Å². The highest BCUT2D eigenvalue weighted by Crippen LogP contribution is 2.41. The lowest BCUT2D eigenvalue weighted by Gasteiger charge is -2.04. The van der Waals surface area contributed by atoms with Crippen LogP contribution in [-0.4, -0.2) is 11.1 Å². The molecule has 3 aromatic rings. The van der Waals surface area contributed by atoms with Crippen molar-refractivity contribution in [2.75, 3.05) is 5.73 Å². The van der Waals surface area contributed by atoms with Crippen LogP contribution in [0.15, 0.2) is 30.3 Å². The van der Waals surface area contributed by atoms with Crippen LogP contribution in [0.1, 0.15) is 5.56 Å². The Balaban J connectivity index is 2.16. The highest BCUT2D eigenvalue weighted by molar-refractivity contribution is 7.21. The number of nitrogens with two attached hydrogens (primary N) is 2. The van der Waals surface area contributed by atoms with Crippen molar-refractivity contribution in [3.05, 3.63) is 40.9 Å². The molecule has 5 nitrogen and oxygen atoms in total. The molecular formula is C15H12ClN3O2S. The normalized spacial score (nSPS) is 10.8. The SMILES string of the molecule is Cc1cc(-c2ccc(Cl)cc2)nc2sc(OC(N)=O)c(N)c12. The fraction of sp³-hybridized carbons (Fsp3) is 0.0667. The highest BCUT2D eigenvalue weighted by Gasteiger charge is 2.17. The average Bonchev–Trinajstić information content (AvgIpc) is 2.75. The number of nitrogens with zero attached hydrogens (tertiary/aromatic N) is 1. The largest absolute Gasteiger partial charge is 0.410 e. The van der Waals surface area contributed by atoms with Crippen LogP contribution in [0.3, 0.4) is 0 Å². The third-order valence-corrected chi connectivity index (χ3v) is 4.42. The molecule has 0 aliphatic heterocycles. The molecule has 0 bridgehead atoms. The monoisotopic (exact) mass is 333 g/mol. The summed E-state index contributed by atoms with van der Waals surface area (Å²) in [6.07, 6.45) is -0.895. The van der Waals surface area contributed by atoms with Gasteiger partial charge in [-0.3, -0.25) is 0 Å². The molecule has 1 aromatic carbocycles. The van der Waals surface area contributed by atoms with E-state index in [1.165, 1.54) is 11.3 Å². The number of thiophene rings is 1. The van der Waals surface area contributed by atoms with E-state index in [9.17, 15) is 4.79 Å². The van der Waals surface area contributed by atoms with Gasteiger partial charge in [0, 0.05) is 16.0 Å². The van der Waals surface area contributed by atoms with Crippen LogP contribution in [-0.2, 0) is 0 Å². The maximum atomic E-state index is 10.9. The van der Waals surface area contributed by atoms with Gasteiger partial charge in [-0.15, -0.1) is 0 Å². The number of anilines is 1. The molecule has 0 spiro atoms. The lowest BCUT2D eigenvalue weighted by atomic mass is 10.1. The molecule has 0 saturated carbocycles. The second-order valence-electron chi connectivity index (χ2n) is 4.74. The maximum absolute atomic E-state index is 10.9. The lowest BCUT2D eigenvalue weighted by Crippen LogP contribution is -2.16. The summed E-state index contributed by atoms with van der Waals surface area (Å²) in [5.74, 6) is 0. The number of hydrogen-bond donors (Lipinski definition) is 2. The summed E-state index contributed by atoms with van der Waals surface area (Å²) in [6, 6.07) is 9.34. The molecule has 0 radical (unpaired) electrons. The zero-order valence-electron chi connectivity index (χ0n) is 11.6. The van der Waals surface area contributed by atoms with E-state index in [-0.39, 0.29) is 5.06 Å². The summed E-state index contributed by atoms with van der Waals surface area (Å²) in [4.78, 5) is 16.2. The first-order valence-corrected chi connectivity index (χ1v) is 7.58. The van der Waals surface area contributed by atoms with Gasteiger partial charge in [-0.25, -0.2) is 9.78 Å². The number of primary amides is 1. The molecular weight excluding hydrogens is 322 g/mol. The van der Waals surface area contributed by atoms with Gasteiger partial charge in [0.05, 0.1) is 11.4 Å². The number of aryl methyl sites for hydroxylation is 1. The Bertz CT molecular complexity index is 875. The fourth-order valence-corrected chi connectivity index (χ4v) is 3.38. The first kappa shape index (κ1) is 14.6. The number of pyridine rings is 1. The topological polar surface area (TPSA) is 91.2 Å². The smallest absolute Gasteiger partial charge is 0.397 e. The van der Waals surface area contributed by atoms with E-state index >= 15 is 0 Å². The van der Waals surface area contributed by atoms with Crippen LogP contribution in [0.4, 0.5) is 10.5 Å². The minimum Gasteiger partial charge on any atom is -0.397 e. The van der Waals surface area contributed by atoms with E-state index in [1.807, 2.05) is 37.3 Å². The van der Waals surface area contributed by atoms with Crippen molar-refractivity contribution in [3.8, 4) is 16.3 Å². The molecule has 4 N–H and O–H groups in total. The Kier molecular flexibility index (Phi) is 3.64. The van der Waals surface area contributed by atoms with E-state index < -0.39 is 6.09 Å². The van der Waals surface area contributed by atoms with Crippen LogP contribution in [0.25, 0.3) is 21.5 Å². The minimum atomic E-state index is -0.895. The maximum Gasteiger partial charge on any atom is 0.410 e. The van der Waals surface area contributed by atoms with Crippen molar-refractivity contribution >= 4 is 44.9 Å². The van der Waals surface area contributed by atoms with Crippen LogP contribution < -0.4 is 16.2 Å². The van der Waals surface area contributed by atoms with Gasteiger partial charge in [0.1, 0.15) is 4.83 Å². The van der Waals surface area contributed by atoms with Crippen LogP contribution in [0.5, 0.6) is 5.06 Å². The number of rotatable bonds is 2. The molecule has 0 atom stereocenters. The Morgan fingerprint density at radius 1 is 1.32 bits per heavy atom. The van der Waals surface area contributed by atoms with Gasteiger partial charge >= 0.3 is 6.09 Å². The van der Waals surface area contributed by atoms with Gasteiger partial charge in [0.25, 0.3) is 0 Å². The van der Waals surface area contributed by atoms with Crippen molar-refractivity contribution in [1.82, 2.24) is 4.98 Å². The fourth-order valence-electron chi connectivity index (χ4n) is 2.23. The molecule has 2 heterocycles. The minimum absolute atomic E-state index is 0.270. The predicted molar refractivity (Wildman–Crippen MR) is 89.4 cm³/mol. The van der Waals surface area contributed by atoms with Crippen molar-refractivity contribution in [1.29, 1.82) is 0 Å². The molecule has 1 amide bonds. The summed E-state index contributed by atoms with van der Waals surface area (Å²) in [5.41, 5.74) is 14.1. The Hall–Kier alpha value is -2.31. The number of carbonyl (C=O) groups is 1. The summed E-state index contributed by atoms with van der Waals surface area (Å²) < 4.78 is 4.92. The Morgan fingerprint density at radius 3 is 2.64 bits per heavy atom. The van der Waals surface area contributed by atoms with E-state index in [2.05, 4.69) is 4.98 Å². The number of hydrogen-bond acceptors (Lipinski definition) is 5. The van der Waals surface area contributed by atoms with E-state index in [0.717, 1.165) is 22.2 Å². The molecule has 0 aliphatic carbocycles. The van der Waals surface area contributed by atoms with Crippen LogP contribution in [0, 0.1) is 6.92 Å². The number of amides is 1. The van der Waals surface area contributed by atoms with Gasteiger partial charge in [0.2, 0.25) is 5.06 Å². The molecule has 0 unspecified atom stereocenters. The van der Waals surface area contributed by atoms with Gasteiger partial charge in [-0.1, -0.05) is 35.1 Å². The van der Waals surface area contributed by atoms with Gasteiger partial charge in [-0.2, -0.15) is 0 Å².